The first-order valence-corrected chi connectivity index (χ1v) is 5.35. The number of alkyl halides is 3. The van der Waals surface area contributed by atoms with Crippen LogP contribution in [-0.2, 0) is 0 Å². The average Bonchev–Trinajstić information content (AvgIpc) is 2.38. The summed E-state index contributed by atoms with van der Waals surface area (Å²) in [5.74, 6) is 0.241. The summed E-state index contributed by atoms with van der Waals surface area (Å²) in [7, 11) is 1.48. The van der Waals surface area contributed by atoms with Gasteiger partial charge in [-0.15, -0.1) is 13.2 Å². The highest BCUT2D eigenvalue weighted by Crippen LogP contribution is 2.32. The van der Waals surface area contributed by atoms with E-state index in [9.17, 15) is 13.2 Å². The molecule has 2 rings (SSSR count). The van der Waals surface area contributed by atoms with Crippen LogP contribution in [0.25, 0.3) is 11.3 Å². The zero-order valence-electron chi connectivity index (χ0n) is 9.94. The zero-order valence-corrected chi connectivity index (χ0v) is 9.94. The minimum atomic E-state index is -4.73. The Balaban J connectivity index is 2.38. The van der Waals surface area contributed by atoms with Gasteiger partial charge in [0.25, 0.3) is 0 Å². The predicted molar refractivity (Wildman–Crippen MR) is 62.9 cm³/mol. The van der Waals surface area contributed by atoms with Crippen LogP contribution in [0.1, 0.15) is 0 Å². The lowest BCUT2D eigenvalue weighted by molar-refractivity contribution is -0.274. The van der Waals surface area contributed by atoms with Gasteiger partial charge >= 0.3 is 6.36 Å². The number of methoxy groups -OCH3 is 1. The van der Waals surface area contributed by atoms with E-state index < -0.39 is 6.36 Å². The molecule has 0 fully saturated rings. The normalized spacial score (nSPS) is 11.2. The summed E-state index contributed by atoms with van der Waals surface area (Å²) in [6.07, 6.45) is -3.30. The van der Waals surface area contributed by atoms with E-state index in [4.69, 9.17) is 4.74 Å². The molecule has 0 aliphatic heterocycles. The Hall–Kier alpha value is -2.24. The molecule has 1 aromatic carbocycles. The molecule has 0 bridgehead atoms. The largest absolute Gasteiger partial charge is 0.573 e. The highest BCUT2D eigenvalue weighted by atomic mass is 19.4. The molecule has 3 nitrogen and oxygen atoms in total. The Morgan fingerprint density at radius 2 is 1.79 bits per heavy atom. The summed E-state index contributed by atoms with van der Waals surface area (Å²) in [6, 6.07) is 9.02. The summed E-state index contributed by atoms with van der Waals surface area (Å²) in [5.41, 5.74) is 0.642. The van der Waals surface area contributed by atoms with E-state index in [1.54, 1.807) is 18.2 Å². The van der Waals surface area contributed by atoms with Gasteiger partial charge in [-0.05, 0) is 24.3 Å². The molecule has 0 radical (unpaired) electrons. The molecule has 0 unspecified atom stereocenters. The first-order chi connectivity index (χ1) is 8.99. The van der Waals surface area contributed by atoms with E-state index >= 15 is 0 Å². The molecule has 2 aromatic rings. The third-order valence-electron chi connectivity index (χ3n) is 2.36. The lowest BCUT2D eigenvalue weighted by Gasteiger charge is -2.12. The molecule has 0 aliphatic rings. The summed E-state index contributed by atoms with van der Waals surface area (Å²) in [6.45, 7) is 0. The van der Waals surface area contributed by atoms with Crippen LogP contribution in [0.15, 0.2) is 42.6 Å². The highest BCUT2D eigenvalue weighted by molar-refractivity contribution is 5.67. The van der Waals surface area contributed by atoms with Crippen LogP contribution in [0.3, 0.4) is 0 Å². The Kier molecular flexibility index (Phi) is 3.59. The van der Waals surface area contributed by atoms with Gasteiger partial charge in [0.2, 0.25) is 0 Å². The summed E-state index contributed by atoms with van der Waals surface area (Å²) >= 11 is 0. The molecule has 0 amide bonds. The van der Waals surface area contributed by atoms with Crippen LogP contribution in [0.4, 0.5) is 13.2 Å². The molecule has 19 heavy (non-hydrogen) atoms. The molecule has 6 heteroatoms. The first-order valence-electron chi connectivity index (χ1n) is 5.35. The highest BCUT2D eigenvalue weighted by Gasteiger charge is 2.32. The number of benzene rings is 1. The van der Waals surface area contributed by atoms with Crippen LogP contribution >= 0.6 is 0 Å². The van der Waals surface area contributed by atoms with Gasteiger partial charge in [-0.25, -0.2) is 0 Å². The van der Waals surface area contributed by atoms with Crippen LogP contribution in [0, 0.1) is 0 Å². The third kappa shape index (κ3) is 3.37. The molecule has 0 saturated heterocycles. The summed E-state index contributed by atoms with van der Waals surface area (Å²) < 4.78 is 45.8. The molecule has 0 saturated carbocycles. The molecule has 0 N–H and O–H groups in total. The minimum absolute atomic E-state index is 0.266. The number of nitrogens with zero attached hydrogens (tertiary/aromatic N) is 1. The van der Waals surface area contributed by atoms with E-state index in [-0.39, 0.29) is 11.3 Å². The molecular weight excluding hydrogens is 259 g/mol. The number of ether oxygens (including phenoxy) is 2. The fourth-order valence-electron chi connectivity index (χ4n) is 1.55. The van der Waals surface area contributed by atoms with Gasteiger partial charge in [0, 0.05) is 5.56 Å². The quantitative estimate of drug-likeness (QED) is 0.852. The molecule has 0 atom stereocenters. The van der Waals surface area contributed by atoms with Gasteiger partial charge in [-0.3, -0.25) is 4.98 Å². The maximum atomic E-state index is 12.3. The molecule has 0 aliphatic carbocycles. The van der Waals surface area contributed by atoms with Crippen molar-refractivity contribution in [1.29, 1.82) is 0 Å². The third-order valence-corrected chi connectivity index (χ3v) is 2.36. The van der Waals surface area contributed by atoms with Crippen LogP contribution < -0.4 is 9.47 Å². The second kappa shape index (κ2) is 5.17. The van der Waals surface area contributed by atoms with Gasteiger partial charge in [-0.1, -0.05) is 12.1 Å². The summed E-state index contributed by atoms with van der Waals surface area (Å²) in [4.78, 5) is 4.04. The van der Waals surface area contributed by atoms with E-state index in [2.05, 4.69) is 9.72 Å². The minimum Gasteiger partial charge on any atom is -0.495 e. The number of aromatic nitrogens is 1. The van der Waals surface area contributed by atoms with E-state index in [1.165, 1.54) is 31.5 Å². The van der Waals surface area contributed by atoms with Crippen molar-refractivity contribution in [1.82, 2.24) is 4.98 Å². The van der Waals surface area contributed by atoms with E-state index in [0.717, 1.165) is 0 Å². The second-order valence-corrected chi connectivity index (χ2v) is 3.63. The standard InChI is InChI=1S/C13H10F3NO2/c1-18-9-6-7-11(17-8-9)10-4-2-3-5-12(10)19-13(14,15)16/h2-8H,1H3. The van der Waals surface area contributed by atoms with Gasteiger partial charge in [0.15, 0.2) is 0 Å². The van der Waals surface area contributed by atoms with Crippen LogP contribution in [-0.4, -0.2) is 18.5 Å². The van der Waals surface area contributed by atoms with Gasteiger partial charge in [0.05, 0.1) is 19.0 Å². The van der Waals surface area contributed by atoms with Crippen molar-refractivity contribution < 1.29 is 22.6 Å². The number of para-hydroxylation sites is 1. The number of hydrogen-bond donors (Lipinski definition) is 0. The van der Waals surface area contributed by atoms with Crippen LogP contribution in [0.2, 0.25) is 0 Å². The van der Waals surface area contributed by atoms with Crippen molar-refractivity contribution in [2.75, 3.05) is 7.11 Å². The van der Waals surface area contributed by atoms with Gasteiger partial charge in [0.1, 0.15) is 11.5 Å². The van der Waals surface area contributed by atoms with Crippen molar-refractivity contribution >= 4 is 0 Å². The summed E-state index contributed by atoms with van der Waals surface area (Å²) in [5, 5.41) is 0. The fourth-order valence-corrected chi connectivity index (χ4v) is 1.55. The van der Waals surface area contributed by atoms with Crippen molar-refractivity contribution in [3.8, 4) is 22.8 Å². The van der Waals surface area contributed by atoms with Crippen molar-refractivity contribution in [3.05, 3.63) is 42.6 Å². The fraction of sp³-hybridized carbons (Fsp3) is 0.154. The number of pyridine rings is 1. The second-order valence-electron chi connectivity index (χ2n) is 3.63. The zero-order chi connectivity index (χ0) is 13.9. The predicted octanol–water partition coefficient (Wildman–Crippen LogP) is 3.66. The Morgan fingerprint density at radius 3 is 2.37 bits per heavy atom. The molecular formula is C13H10F3NO2. The van der Waals surface area contributed by atoms with E-state index in [1.807, 2.05) is 0 Å². The van der Waals surface area contributed by atoms with Crippen molar-refractivity contribution in [2.24, 2.45) is 0 Å². The van der Waals surface area contributed by atoms with Crippen LogP contribution in [0.5, 0.6) is 11.5 Å². The molecule has 100 valence electrons. The number of rotatable bonds is 3. The first kappa shape index (κ1) is 13.2. The molecule has 0 spiro atoms. The van der Waals surface area contributed by atoms with Gasteiger partial charge in [-0.2, -0.15) is 0 Å². The van der Waals surface area contributed by atoms with E-state index in [0.29, 0.717) is 11.4 Å². The maximum Gasteiger partial charge on any atom is 0.573 e. The SMILES string of the molecule is COc1ccc(-c2ccccc2OC(F)(F)F)nc1. The Morgan fingerprint density at radius 1 is 1.05 bits per heavy atom. The Bertz CT molecular complexity index is 553. The lowest BCUT2D eigenvalue weighted by atomic mass is 10.1. The molecule has 1 heterocycles. The number of halogens is 3. The average molecular weight is 269 g/mol. The maximum absolute atomic E-state index is 12.3. The lowest BCUT2D eigenvalue weighted by Crippen LogP contribution is -2.17. The smallest absolute Gasteiger partial charge is 0.495 e. The Labute approximate surface area is 107 Å². The monoisotopic (exact) mass is 269 g/mol. The number of hydrogen-bond acceptors (Lipinski definition) is 3. The molecule has 1 aromatic heterocycles. The topological polar surface area (TPSA) is 31.4 Å². The van der Waals surface area contributed by atoms with Crippen molar-refractivity contribution in [3.63, 3.8) is 0 Å². The van der Waals surface area contributed by atoms with Crippen molar-refractivity contribution in [2.45, 2.75) is 6.36 Å². The van der Waals surface area contributed by atoms with Gasteiger partial charge < -0.3 is 9.47 Å².